The van der Waals surface area contributed by atoms with Crippen molar-refractivity contribution in [3.05, 3.63) is 108 Å². The van der Waals surface area contributed by atoms with Crippen molar-refractivity contribution < 1.29 is 29.1 Å². The Bertz CT molecular complexity index is 1900. The lowest BCUT2D eigenvalue weighted by atomic mass is 10.0. The number of aliphatic carboxylic acids is 1. The van der Waals surface area contributed by atoms with Crippen LogP contribution in [0.3, 0.4) is 0 Å². The van der Waals surface area contributed by atoms with Gasteiger partial charge in [0.25, 0.3) is 0 Å². The van der Waals surface area contributed by atoms with Crippen molar-refractivity contribution in [2.24, 2.45) is 22.2 Å². The number of fused-ring (bicyclic) bond motifs is 1. The minimum absolute atomic E-state index is 0.0162. The molecule has 0 aliphatic heterocycles. The number of carboxylic acids is 1. The zero-order valence-electron chi connectivity index (χ0n) is 29.6. The highest BCUT2D eigenvalue weighted by atomic mass is 32.1. The second-order valence-corrected chi connectivity index (χ2v) is 13.1. The molecule has 16 heteroatoms. The van der Waals surface area contributed by atoms with Crippen LogP contribution >= 0.6 is 12.6 Å². The van der Waals surface area contributed by atoms with Gasteiger partial charge in [-0.25, -0.2) is 4.79 Å². The SMILES string of the molecule is NC(N)=NCCC[C@H](NC(=O)[C@H](N)Cc1ccccc1)C(=O)N[C@@H](CS)C(=O)N[C@@H](Cc1ccccc1)C(=O)N[C@H](Cc1c[nH]c2ccccc12)C(=O)O. The Hall–Kier alpha value is -5.87. The van der Waals surface area contributed by atoms with Crippen molar-refractivity contribution in [3.8, 4) is 0 Å². The van der Waals surface area contributed by atoms with Gasteiger partial charge in [-0.1, -0.05) is 78.9 Å². The molecule has 0 bridgehead atoms. The van der Waals surface area contributed by atoms with Crippen molar-refractivity contribution in [2.75, 3.05) is 12.3 Å². The molecule has 4 rings (SSSR count). The zero-order valence-corrected chi connectivity index (χ0v) is 30.5. The highest BCUT2D eigenvalue weighted by Gasteiger charge is 2.32. The van der Waals surface area contributed by atoms with Crippen LogP contribution in [0.25, 0.3) is 10.9 Å². The van der Waals surface area contributed by atoms with Crippen LogP contribution in [0.5, 0.6) is 0 Å². The predicted octanol–water partition coefficient (Wildman–Crippen LogP) is 0.530. The average molecular weight is 758 g/mol. The minimum atomic E-state index is -1.32. The van der Waals surface area contributed by atoms with Gasteiger partial charge in [0.15, 0.2) is 5.96 Å². The lowest BCUT2D eigenvalue weighted by Crippen LogP contribution is -2.59. The maximum absolute atomic E-state index is 13.8. The summed E-state index contributed by atoms with van der Waals surface area (Å²) in [5, 5.41) is 21.5. The van der Waals surface area contributed by atoms with E-state index >= 15 is 0 Å². The molecule has 0 aliphatic carbocycles. The van der Waals surface area contributed by atoms with Crippen LogP contribution in [-0.4, -0.2) is 88.2 Å². The fourth-order valence-corrected chi connectivity index (χ4v) is 6.06. The molecule has 0 aliphatic rings. The highest BCUT2D eigenvalue weighted by molar-refractivity contribution is 7.80. The van der Waals surface area contributed by atoms with Gasteiger partial charge in [0.1, 0.15) is 24.2 Å². The predicted molar refractivity (Wildman–Crippen MR) is 209 cm³/mol. The van der Waals surface area contributed by atoms with Crippen LogP contribution in [0, 0.1) is 0 Å². The molecule has 0 unspecified atom stereocenters. The van der Waals surface area contributed by atoms with Gasteiger partial charge < -0.3 is 48.6 Å². The smallest absolute Gasteiger partial charge is 0.326 e. The van der Waals surface area contributed by atoms with E-state index in [1.807, 2.05) is 54.6 Å². The highest BCUT2D eigenvalue weighted by Crippen LogP contribution is 2.19. The number of rotatable bonds is 20. The van der Waals surface area contributed by atoms with Gasteiger partial charge in [-0.2, -0.15) is 12.6 Å². The first kappa shape index (κ1) is 40.9. The quantitative estimate of drug-likeness (QED) is 0.0261. The van der Waals surface area contributed by atoms with Crippen molar-refractivity contribution in [1.82, 2.24) is 26.3 Å². The molecule has 3 aromatic carbocycles. The number of carbonyl (C=O) groups excluding carboxylic acids is 4. The first-order chi connectivity index (χ1) is 25.9. The molecule has 4 aromatic rings. The molecule has 54 heavy (non-hydrogen) atoms. The maximum atomic E-state index is 13.8. The molecular formula is C38H47N9O6S. The van der Waals surface area contributed by atoms with Crippen LogP contribution in [0.4, 0.5) is 0 Å². The molecule has 0 spiro atoms. The second kappa shape index (κ2) is 20.4. The molecular weight excluding hydrogens is 711 g/mol. The Morgan fingerprint density at radius 3 is 1.85 bits per heavy atom. The van der Waals surface area contributed by atoms with E-state index in [2.05, 4.69) is 43.9 Å². The second-order valence-electron chi connectivity index (χ2n) is 12.8. The number of guanidine groups is 1. The van der Waals surface area contributed by atoms with Gasteiger partial charge in [0.2, 0.25) is 23.6 Å². The van der Waals surface area contributed by atoms with E-state index in [1.165, 1.54) is 0 Å². The van der Waals surface area contributed by atoms with E-state index in [0.717, 1.165) is 16.5 Å². The van der Waals surface area contributed by atoms with Gasteiger partial charge in [-0.05, 0) is 42.0 Å². The van der Waals surface area contributed by atoms with Crippen molar-refractivity contribution >= 4 is 59.1 Å². The molecule has 0 saturated heterocycles. The largest absolute Gasteiger partial charge is 0.480 e. The third kappa shape index (κ3) is 12.4. The number of aromatic amines is 1. The summed E-state index contributed by atoms with van der Waals surface area (Å²) in [6.45, 7) is 0.183. The first-order valence-electron chi connectivity index (χ1n) is 17.4. The topological polar surface area (TPSA) is 260 Å². The van der Waals surface area contributed by atoms with Gasteiger partial charge in [-0.15, -0.1) is 0 Å². The van der Waals surface area contributed by atoms with Crippen LogP contribution in [-0.2, 0) is 43.2 Å². The summed E-state index contributed by atoms with van der Waals surface area (Å²) in [5.74, 6) is -4.30. The third-order valence-electron chi connectivity index (χ3n) is 8.66. The summed E-state index contributed by atoms with van der Waals surface area (Å²) in [6, 6.07) is 19.6. The summed E-state index contributed by atoms with van der Waals surface area (Å²) in [7, 11) is 0. The monoisotopic (exact) mass is 757 g/mol. The number of nitrogens with one attached hydrogen (secondary N) is 5. The Balaban J connectivity index is 1.47. The molecule has 0 fully saturated rings. The number of aromatic nitrogens is 1. The fourth-order valence-electron chi connectivity index (χ4n) is 5.80. The van der Waals surface area contributed by atoms with Crippen LogP contribution in [0.1, 0.15) is 29.5 Å². The van der Waals surface area contributed by atoms with Crippen molar-refractivity contribution in [3.63, 3.8) is 0 Å². The lowest BCUT2D eigenvalue weighted by molar-refractivity contribution is -0.142. The number of carboxylic acid groups (broad SMARTS) is 1. The molecule has 0 radical (unpaired) electrons. The molecule has 1 aromatic heterocycles. The number of H-pyrrole nitrogens is 1. The van der Waals surface area contributed by atoms with Gasteiger partial charge in [-0.3, -0.25) is 24.2 Å². The molecule has 4 amide bonds. The van der Waals surface area contributed by atoms with E-state index in [-0.39, 0.29) is 43.9 Å². The molecule has 12 N–H and O–H groups in total. The van der Waals surface area contributed by atoms with Gasteiger partial charge in [0.05, 0.1) is 6.04 Å². The van der Waals surface area contributed by atoms with Crippen molar-refractivity contribution in [2.45, 2.75) is 62.3 Å². The summed E-state index contributed by atoms with van der Waals surface area (Å²) in [5.41, 5.74) is 20.1. The number of amides is 4. The molecule has 1 heterocycles. The average Bonchev–Trinajstić information content (AvgIpc) is 3.57. The number of benzene rings is 3. The summed E-state index contributed by atoms with van der Waals surface area (Å²) in [6.07, 6.45) is 2.35. The first-order valence-corrected chi connectivity index (χ1v) is 18.1. The zero-order chi connectivity index (χ0) is 39.0. The number of nitrogens with two attached hydrogens (primary N) is 3. The number of thiol groups is 1. The number of nitrogens with zero attached hydrogens (tertiary/aromatic N) is 1. The van der Waals surface area contributed by atoms with Crippen molar-refractivity contribution in [1.29, 1.82) is 0 Å². The molecule has 0 saturated carbocycles. The Labute approximate surface area is 318 Å². The van der Waals surface area contributed by atoms with Crippen LogP contribution < -0.4 is 38.5 Å². The fraction of sp³-hybridized carbons (Fsp3) is 0.316. The minimum Gasteiger partial charge on any atom is -0.480 e. The van der Waals surface area contributed by atoms with Gasteiger partial charge >= 0.3 is 5.97 Å². The molecule has 5 atom stereocenters. The lowest BCUT2D eigenvalue weighted by Gasteiger charge is -2.26. The number of aliphatic imine (C=N–C) groups is 1. The third-order valence-corrected chi connectivity index (χ3v) is 9.02. The summed E-state index contributed by atoms with van der Waals surface area (Å²) in [4.78, 5) is 73.6. The Morgan fingerprint density at radius 2 is 1.22 bits per heavy atom. The normalized spacial score (nSPS) is 13.7. The van der Waals surface area contributed by atoms with Crippen LogP contribution in [0.2, 0.25) is 0 Å². The van der Waals surface area contributed by atoms with Gasteiger partial charge in [0, 0.05) is 42.2 Å². The van der Waals surface area contributed by atoms with E-state index in [9.17, 15) is 29.1 Å². The van der Waals surface area contributed by atoms with E-state index in [0.29, 0.717) is 17.5 Å². The van der Waals surface area contributed by atoms with E-state index in [4.69, 9.17) is 17.2 Å². The number of hydrogen-bond acceptors (Lipinski definition) is 8. The standard InChI is InChI=1S/C38H47N9O6S/c39-27(18-23-10-3-1-4-11-23)33(48)44-29(16-9-17-42-38(40)41)34(49)47-32(22-54)36(51)45-30(19-24-12-5-2-6-13-24)35(50)46-31(37(52)53)20-25-21-43-28-15-8-7-14-26(25)28/h1-8,10-15,21,27,29-32,43,54H,9,16-20,22,39H2,(H,44,48)(H,45,51)(H,46,50)(H,47,49)(H,52,53)(H4,40,41,42)/t27-,29+,30+,31-,32+/m1/s1. The van der Waals surface area contributed by atoms with Crippen LogP contribution in [0.15, 0.2) is 96.1 Å². The van der Waals surface area contributed by atoms with E-state index < -0.39 is 59.8 Å². The number of hydrogen-bond donors (Lipinski definition) is 10. The molecule has 286 valence electrons. The molecule has 15 nitrogen and oxygen atoms in total. The van der Waals surface area contributed by atoms with E-state index in [1.54, 1.807) is 36.5 Å². The number of carbonyl (C=O) groups is 5. The Kier molecular flexibility index (Phi) is 15.4. The maximum Gasteiger partial charge on any atom is 0.326 e. The summed E-state index contributed by atoms with van der Waals surface area (Å²) >= 11 is 4.29. The number of para-hydroxylation sites is 1. The summed E-state index contributed by atoms with van der Waals surface area (Å²) < 4.78 is 0. The Morgan fingerprint density at radius 1 is 0.685 bits per heavy atom.